The summed E-state index contributed by atoms with van der Waals surface area (Å²) in [5.41, 5.74) is 1.95. The first-order valence-corrected chi connectivity index (χ1v) is 15.9. The Kier molecular flexibility index (Phi) is 12.9. The standard InChI is InChI=1S/C37H41N3O8/c1-5-6-7-8-9-20-46-30-17-13-28(14-18-30)37(44)47-33-19-10-26(23-34(33)45-4)22-31(25(3)41)39-35(42)27-11-15-29(16-12-27)38-36(43)32-21-24(2)48-40-32/h10-19,21,23,31H,5-9,20,22H2,1-4H3,(H,38,43)(H,39,42). The summed E-state index contributed by atoms with van der Waals surface area (Å²) >= 11 is 0. The number of ether oxygens (including phenoxy) is 3. The molecule has 11 heteroatoms. The van der Waals surface area contributed by atoms with Gasteiger partial charge in [-0.25, -0.2) is 4.79 Å². The summed E-state index contributed by atoms with van der Waals surface area (Å²) in [6.07, 6.45) is 5.93. The van der Waals surface area contributed by atoms with Crippen molar-refractivity contribution in [1.29, 1.82) is 0 Å². The number of aryl methyl sites for hydroxylation is 1. The molecule has 0 radical (unpaired) electrons. The summed E-state index contributed by atoms with van der Waals surface area (Å²) in [7, 11) is 1.45. The second-order valence-corrected chi connectivity index (χ2v) is 11.4. The van der Waals surface area contributed by atoms with Gasteiger partial charge in [-0.3, -0.25) is 14.4 Å². The van der Waals surface area contributed by atoms with Gasteiger partial charge in [0.1, 0.15) is 11.5 Å². The SMILES string of the molecule is CCCCCCCOc1ccc(C(=O)Oc2ccc(CC(NC(=O)c3ccc(NC(=O)c4cc(C)on4)cc3)C(C)=O)cc2OC)cc1. The van der Waals surface area contributed by atoms with E-state index in [9.17, 15) is 19.2 Å². The van der Waals surface area contributed by atoms with E-state index >= 15 is 0 Å². The van der Waals surface area contributed by atoms with E-state index in [1.807, 2.05) is 0 Å². The highest BCUT2D eigenvalue weighted by atomic mass is 16.6. The van der Waals surface area contributed by atoms with Crippen LogP contribution in [-0.2, 0) is 11.2 Å². The number of rotatable bonds is 17. The molecular weight excluding hydrogens is 614 g/mol. The van der Waals surface area contributed by atoms with Crippen LogP contribution in [0.25, 0.3) is 0 Å². The first-order chi connectivity index (χ1) is 23.2. The number of anilines is 1. The molecule has 0 aliphatic rings. The van der Waals surface area contributed by atoms with Crippen LogP contribution >= 0.6 is 0 Å². The Balaban J connectivity index is 1.32. The van der Waals surface area contributed by atoms with Crippen molar-refractivity contribution in [1.82, 2.24) is 10.5 Å². The van der Waals surface area contributed by atoms with Crippen LogP contribution in [0.15, 0.2) is 77.3 Å². The molecule has 2 amide bonds. The average Bonchev–Trinajstić information content (AvgIpc) is 3.53. The van der Waals surface area contributed by atoms with Gasteiger partial charge in [-0.2, -0.15) is 0 Å². The lowest BCUT2D eigenvalue weighted by atomic mass is 10.0. The Labute approximate surface area is 279 Å². The molecule has 0 spiro atoms. The molecule has 3 aromatic carbocycles. The quantitative estimate of drug-likeness (QED) is 0.0717. The predicted octanol–water partition coefficient (Wildman–Crippen LogP) is 6.74. The van der Waals surface area contributed by atoms with Gasteiger partial charge in [0.05, 0.1) is 25.3 Å². The van der Waals surface area contributed by atoms with Crippen molar-refractivity contribution in [2.24, 2.45) is 0 Å². The molecule has 1 unspecified atom stereocenters. The number of esters is 1. The maximum atomic E-state index is 13.0. The lowest BCUT2D eigenvalue weighted by Crippen LogP contribution is -2.41. The molecule has 1 heterocycles. The summed E-state index contributed by atoms with van der Waals surface area (Å²) in [6, 6.07) is 18.7. The Morgan fingerprint density at radius 2 is 1.54 bits per heavy atom. The summed E-state index contributed by atoms with van der Waals surface area (Å²) < 4.78 is 21.8. The van der Waals surface area contributed by atoms with Crippen molar-refractivity contribution >= 4 is 29.3 Å². The second-order valence-electron chi connectivity index (χ2n) is 11.4. The number of amides is 2. The summed E-state index contributed by atoms with van der Waals surface area (Å²) in [4.78, 5) is 50.7. The number of methoxy groups -OCH3 is 1. The minimum Gasteiger partial charge on any atom is -0.494 e. The largest absolute Gasteiger partial charge is 0.494 e. The van der Waals surface area contributed by atoms with Gasteiger partial charge < -0.3 is 29.4 Å². The number of ketones is 1. The zero-order valence-electron chi connectivity index (χ0n) is 27.7. The molecule has 4 aromatic rings. The van der Waals surface area contributed by atoms with Gasteiger partial charge in [-0.15, -0.1) is 0 Å². The Morgan fingerprint density at radius 3 is 2.19 bits per heavy atom. The molecule has 48 heavy (non-hydrogen) atoms. The Morgan fingerprint density at radius 1 is 0.833 bits per heavy atom. The summed E-state index contributed by atoms with van der Waals surface area (Å²) in [6.45, 7) is 5.89. The fourth-order valence-electron chi connectivity index (χ4n) is 4.81. The summed E-state index contributed by atoms with van der Waals surface area (Å²) in [5.74, 6) is 0.0188. The topological polar surface area (TPSA) is 146 Å². The Bertz CT molecular complexity index is 1700. The maximum Gasteiger partial charge on any atom is 0.343 e. The monoisotopic (exact) mass is 655 g/mol. The summed E-state index contributed by atoms with van der Waals surface area (Å²) in [5, 5.41) is 9.14. The average molecular weight is 656 g/mol. The molecule has 1 atom stereocenters. The molecule has 0 bridgehead atoms. The lowest BCUT2D eigenvalue weighted by Gasteiger charge is -2.17. The molecule has 11 nitrogen and oxygen atoms in total. The highest BCUT2D eigenvalue weighted by molar-refractivity contribution is 6.03. The van der Waals surface area contributed by atoms with E-state index < -0.39 is 23.8 Å². The van der Waals surface area contributed by atoms with E-state index in [4.69, 9.17) is 18.7 Å². The molecule has 0 aliphatic carbocycles. The predicted molar refractivity (Wildman–Crippen MR) is 180 cm³/mol. The molecule has 0 fully saturated rings. The van der Waals surface area contributed by atoms with Gasteiger partial charge in [0, 0.05) is 17.3 Å². The van der Waals surface area contributed by atoms with E-state index in [1.165, 1.54) is 39.4 Å². The minimum atomic E-state index is -0.831. The van der Waals surface area contributed by atoms with Crippen LogP contribution in [0.3, 0.4) is 0 Å². The van der Waals surface area contributed by atoms with Crippen LogP contribution in [0, 0.1) is 6.92 Å². The van der Waals surface area contributed by atoms with Crippen LogP contribution in [0.2, 0.25) is 0 Å². The van der Waals surface area contributed by atoms with Gasteiger partial charge in [-0.1, -0.05) is 43.8 Å². The van der Waals surface area contributed by atoms with Crippen LogP contribution in [0.5, 0.6) is 17.2 Å². The molecule has 1 aromatic heterocycles. The van der Waals surface area contributed by atoms with Crippen molar-refractivity contribution in [3.8, 4) is 17.2 Å². The van der Waals surface area contributed by atoms with Crippen LogP contribution in [0.4, 0.5) is 5.69 Å². The number of carbonyl (C=O) groups excluding carboxylic acids is 4. The molecule has 252 valence electrons. The van der Waals surface area contributed by atoms with E-state index in [0.717, 1.165) is 12.8 Å². The highest BCUT2D eigenvalue weighted by Crippen LogP contribution is 2.30. The van der Waals surface area contributed by atoms with Crippen LogP contribution in [0.1, 0.15) is 88.5 Å². The number of Topliss-reactive ketones (excluding diaryl/α,β-unsaturated/α-hetero) is 1. The number of carbonyl (C=O) groups is 4. The van der Waals surface area contributed by atoms with E-state index in [1.54, 1.807) is 73.7 Å². The van der Waals surface area contributed by atoms with Gasteiger partial charge in [-0.05, 0) is 92.9 Å². The third-order valence-corrected chi connectivity index (χ3v) is 7.54. The molecular formula is C37H41N3O8. The smallest absolute Gasteiger partial charge is 0.343 e. The molecule has 0 saturated carbocycles. The van der Waals surface area contributed by atoms with Gasteiger partial charge in [0.15, 0.2) is 23.0 Å². The molecule has 4 rings (SSSR count). The fraction of sp³-hybridized carbons (Fsp3) is 0.324. The number of hydrogen-bond donors (Lipinski definition) is 2. The van der Waals surface area contributed by atoms with Crippen molar-refractivity contribution in [3.63, 3.8) is 0 Å². The van der Waals surface area contributed by atoms with E-state index in [2.05, 4.69) is 22.7 Å². The maximum absolute atomic E-state index is 13.0. The first kappa shape index (κ1) is 35.4. The second kappa shape index (κ2) is 17.5. The van der Waals surface area contributed by atoms with Crippen LogP contribution in [-0.4, -0.2) is 48.5 Å². The van der Waals surface area contributed by atoms with Crippen LogP contribution < -0.4 is 24.8 Å². The Hall–Kier alpha value is -5.45. The highest BCUT2D eigenvalue weighted by Gasteiger charge is 2.21. The van der Waals surface area contributed by atoms with Crippen molar-refractivity contribution in [3.05, 3.63) is 101 Å². The normalized spacial score (nSPS) is 11.3. The number of nitrogens with one attached hydrogen (secondary N) is 2. The zero-order valence-corrected chi connectivity index (χ0v) is 27.7. The third-order valence-electron chi connectivity index (χ3n) is 7.54. The van der Waals surface area contributed by atoms with E-state index in [-0.39, 0.29) is 23.6 Å². The van der Waals surface area contributed by atoms with Gasteiger partial charge in [0.2, 0.25) is 0 Å². The van der Waals surface area contributed by atoms with Gasteiger partial charge >= 0.3 is 5.97 Å². The number of benzene rings is 3. The number of unbranched alkanes of at least 4 members (excludes halogenated alkanes) is 4. The molecule has 0 aliphatic heterocycles. The fourth-order valence-corrected chi connectivity index (χ4v) is 4.81. The third kappa shape index (κ3) is 10.3. The van der Waals surface area contributed by atoms with Crippen molar-refractivity contribution < 1.29 is 37.9 Å². The molecule has 0 saturated heterocycles. The zero-order chi connectivity index (χ0) is 34.5. The van der Waals surface area contributed by atoms with Gasteiger partial charge in [0.25, 0.3) is 11.8 Å². The lowest BCUT2D eigenvalue weighted by molar-refractivity contribution is -0.118. The minimum absolute atomic E-state index is 0.139. The first-order valence-electron chi connectivity index (χ1n) is 15.9. The van der Waals surface area contributed by atoms with Crippen molar-refractivity contribution in [2.45, 2.75) is 65.3 Å². The number of nitrogens with zero attached hydrogens (tertiary/aromatic N) is 1. The van der Waals surface area contributed by atoms with Crippen molar-refractivity contribution in [2.75, 3.05) is 19.0 Å². The molecule has 2 N–H and O–H groups in total. The number of hydrogen-bond acceptors (Lipinski definition) is 9. The number of aromatic nitrogens is 1. The van der Waals surface area contributed by atoms with E-state index in [0.29, 0.717) is 46.2 Å².